The maximum absolute atomic E-state index is 11.5. The lowest BCUT2D eigenvalue weighted by atomic mass is 10.1. The highest BCUT2D eigenvalue weighted by molar-refractivity contribution is 7.99. The number of aromatic nitrogens is 2. The van der Waals surface area contributed by atoms with E-state index in [0.29, 0.717) is 11.6 Å². The summed E-state index contributed by atoms with van der Waals surface area (Å²) in [6.45, 7) is 2.08. The smallest absolute Gasteiger partial charge is 0.337 e. The maximum Gasteiger partial charge on any atom is 0.337 e. The first-order valence-electron chi connectivity index (χ1n) is 7.03. The third-order valence-electron chi connectivity index (χ3n) is 3.89. The number of benzene rings is 1. The Morgan fingerprint density at radius 1 is 1.45 bits per heavy atom. The molecule has 0 amide bonds. The summed E-state index contributed by atoms with van der Waals surface area (Å²) >= 11 is 1.98. The number of aryl methyl sites for hydroxylation is 1. The minimum atomic E-state index is -0.871. The van der Waals surface area contributed by atoms with Crippen LogP contribution in [0.2, 0.25) is 0 Å². The molecule has 0 unspecified atom stereocenters. The summed E-state index contributed by atoms with van der Waals surface area (Å²) in [5.41, 5.74) is 1.97. The van der Waals surface area contributed by atoms with Crippen LogP contribution in [0.15, 0.2) is 18.2 Å². The summed E-state index contributed by atoms with van der Waals surface area (Å²) in [6.07, 6.45) is 3.02. The van der Waals surface area contributed by atoms with Crippen LogP contribution >= 0.6 is 11.8 Å². The van der Waals surface area contributed by atoms with Crippen molar-refractivity contribution in [1.82, 2.24) is 9.55 Å². The Morgan fingerprint density at radius 2 is 2.20 bits per heavy atom. The van der Waals surface area contributed by atoms with Gasteiger partial charge in [-0.2, -0.15) is 11.8 Å². The zero-order valence-corrected chi connectivity index (χ0v) is 12.3. The second-order valence-corrected chi connectivity index (χ2v) is 6.30. The summed E-state index contributed by atoms with van der Waals surface area (Å²) < 4.78 is 2.19. The molecule has 0 saturated carbocycles. The molecule has 1 aromatic carbocycles. The molecule has 4 nitrogen and oxygen atoms in total. The molecule has 20 heavy (non-hydrogen) atoms. The van der Waals surface area contributed by atoms with Crippen LogP contribution in [0.5, 0.6) is 0 Å². The number of carboxylic acids is 1. The number of hydrogen-bond donors (Lipinski definition) is 1. The SMILES string of the molecule is CCc1nc2cccc(C(=O)O)c2n1C1CCSCC1. The van der Waals surface area contributed by atoms with Crippen molar-refractivity contribution < 1.29 is 9.90 Å². The summed E-state index contributed by atoms with van der Waals surface area (Å²) in [5.74, 6) is 2.42. The number of aromatic carboxylic acids is 1. The number of fused-ring (bicyclic) bond motifs is 1. The second kappa shape index (κ2) is 5.48. The molecular formula is C15H18N2O2S. The van der Waals surface area contributed by atoms with Crippen LogP contribution in [-0.4, -0.2) is 32.1 Å². The molecule has 2 heterocycles. The molecule has 0 spiro atoms. The molecule has 3 rings (SSSR count). The van der Waals surface area contributed by atoms with E-state index in [9.17, 15) is 9.90 Å². The fourth-order valence-electron chi connectivity index (χ4n) is 2.96. The third-order valence-corrected chi connectivity index (χ3v) is 4.93. The van der Waals surface area contributed by atoms with Gasteiger partial charge in [-0.3, -0.25) is 0 Å². The van der Waals surface area contributed by atoms with Crippen LogP contribution in [-0.2, 0) is 6.42 Å². The Labute approximate surface area is 122 Å². The Hall–Kier alpha value is -1.49. The van der Waals surface area contributed by atoms with Crippen LogP contribution in [0.25, 0.3) is 11.0 Å². The van der Waals surface area contributed by atoms with Gasteiger partial charge in [-0.05, 0) is 36.5 Å². The normalized spacial score (nSPS) is 16.6. The van der Waals surface area contributed by atoms with E-state index in [1.807, 2.05) is 17.8 Å². The number of hydrogen-bond acceptors (Lipinski definition) is 3. The number of carboxylic acid groups (broad SMARTS) is 1. The van der Waals surface area contributed by atoms with Gasteiger partial charge in [0.05, 0.1) is 16.6 Å². The molecule has 2 aromatic rings. The molecule has 1 fully saturated rings. The lowest BCUT2D eigenvalue weighted by molar-refractivity contribution is 0.0698. The zero-order valence-electron chi connectivity index (χ0n) is 11.5. The van der Waals surface area contributed by atoms with Crippen molar-refractivity contribution in [1.29, 1.82) is 0 Å². The first kappa shape index (κ1) is 13.5. The molecule has 0 aliphatic carbocycles. The predicted octanol–water partition coefficient (Wildman–Crippen LogP) is 3.37. The highest BCUT2D eigenvalue weighted by Gasteiger charge is 2.23. The third kappa shape index (κ3) is 2.20. The van der Waals surface area contributed by atoms with Crippen molar-refractivity contribution in [2.45, 2.75) is 32.2 Å². The Balaban J connectivity index is 2.23. The van der Waals surface area contributed by atoms with Gasteiger partial charge in [0.2, 0.25) is 0 Å². The van der Waals surface area contributed by atoms with Crippen LogP contribution in [0.3, 0.4) is 0 Å². The van der Waals surface area contributed by atoms with Crippen molar-refractivity contribution in [2.75, 3.05) is 11.5 Å². The van der Waals surface area contributed by atoms with E-state index in [1.54, 1.807) is 12.1 Å². The molecule has 1 aliphatic heterocycles. The van der Waals surface area contributed by atoms with E-state index in [0.717, 1.165) is 47.6 Å². The average Bonchev–Trinajstić information content (AvgIpc) is 2.86. The maximum atomic E-state index is 11.5. The van der Waals surface area contributed by atoms with Crippen molar-refractivity contribution in [3.8, 4) is 0 Å². The van der Waals surface area contributed by atoms with E-state index >= 15 is 0 Å². The number of nitrogens with zero attached hydrogens (tertiary/aromatic N) is 2. The molecule has 0 radical (unpaired) electrons. The lowest BCUT2D eigenvalue weighted by Crippen LogP contribution is -2.18. The summed E-state index contributed by atoms with van der Waals surface area (Å²) in [6, 6.07) is 5.76. The molecule has 1 N–H and O–H groups in total. The van der Waals surface area contributed by atoms with Crippen LogP contribution in [0.4, 0.5) is 0 Å². The second-order valence-electron chi connectivity index (χ2n) is 5.07. The predicted molar refractivity (Wildman–Crippen MR) is 81.7 cm³/mol. The first-order chi connectivity index (χ1) is 9.72. The van der Waals surface area contributed by atoms with Crippen molar-refractivity contribution in [3.63, 3.8) is 0 Å². The minimum Gasteiger partial charge on any atom is -0.478 e. The van der Waals surface area contributed by atoms with Gasteiger partial charge in [-0.1, -0.05) is 13.0 Å². The molecule has 1 saturated heterocycles. The van der Waals surface area contributed by atoms with Crippen LogP contribution in [0, 0.1) is 0 Å². The van der Waals surface area contributed by atoms with E-state index in [1.165, 1.54) is 0 Å². The fourth-order valence-corrected chi connectivity index (χ4v) is 4.04. The number of carbonyl (C=O) groups is 1. The van der Waals surface area contributed by atoms with E-state index < -0.39 is 5.97 Å². The van der Waals surface area contributed by atoms with Crippen molar-refractivity contribution in [3.05, 3.63) is 29.6 Å². The molecule has 0 bridgehead atoms. The molecule has 106 valence electrons. The van der Waals surface area contributed by atoms with E-state index in [-0.39, 0.29) is 0 Å². The number of thioether (sulfide) groups is 1. The topological polar surface area (TPSA) is 55.1 Å². The van der Waals surface area contributed by atoms with E-state index in [4.69, 9.17) is 0 Å². The largest absolute Gasteiger partial charge is 0.478 e. The molecule has 0 atom stereocenters. The summed E-state index contributed by atoms with van der Waals surface area (Å²) in [5, 5.41) is 9.44. The van der Waals surface area contributed by atoms with Gasteiger partial charge in [0.25, 0.3) is 0 Å². The number of imidazole rings is 1. The fraction of sp³-hybridized carbons (Fsp3) is 0.467. The van der Waals surface area contributed by atoms with Gasteiger partial charge in [0.1, 0.15) is 5.82 Å². The minimum absolute atomic E-state index is 0.368. The highest BCUT2D eigenvalue weighted by atomic mass is 32.2. The molecule has 1 aromatic heterocycles. The number of rotatable bonds is 3. The van der Waals surface area contributed by atoms with Gasteiger partial charge >= 0.3 is 5.97 Å². The summed E-state index contributed by atoms with van der Waals surface area (Å²) in [4.78, 5) is 16.1. The van der Waals surface area contributed by atoms with Gasteiger partial charge in [0.15, 0.2) is 0 Å². The average molecular weight is 290 g/mol. The van der Waals surface area contributed by atoms with Gasteiger partial charge < -0.3 is 9.67 Å². The Bertz CT molecular complexity index is 645. The van der Waals surface area contributed by atoms with Crippen LogP contribution in [0.1, 0.15) is 42.0 Å². The quantitative estimate of drug-likeness (QED) is 0.941. The lowest BCUT2D eigenvalue weighted by Gasteiger charge is -2.25. The van der Waals surface area contributed by atoms with Crippen LogP contribution < -0.4 is 0 Å². The Morgan fingerprint density at radius 3 is 2.85 bits per heavy atom. The monoisotopic (exact) mass is 290 g/mol. The number of para-hydroxylation sites is 1. The molecule has 1 aliphatic rings. The van der Waals surface area contributed by atoms with Gasteiger partial charge in [0, 0.05) is 12.5 Å². The van der Waals surface area contributed by atoms with E-state index in [2.05, 4.69) is 16.5 Å². The molecular weight excluding hydrogens is 272 g/mol. The zero-order chi connectivity index (χ0) is 14.1. The molecule has 5 heteroatoms. The van der Waals surface area contributed by atoms with Gasteiger partial charge in [-0.25, -0.2) is 9.78 Å². The van der Waals surface area contributed by atoms with Crippen molar-refractivity contribution >= 4 is 28.8 Å². The standard InChI is InChI=1S/C15H18N2O2S/c1-2-13-16-12-5-3-4-11(15(18)19)14(12)17(13)10-6-8-20-9-7-10/h3-5,10H,2,6-9H2,1H3,(H,18,19). The first-order valence-corrected chi connectivity index (χ1v) is 8.18. The Kier molecular flexibility index (Phi) is 3.70. The van der Waals surface area contributed by atoms with Gasteiger partial charge in [-0.15, -0.1) is 0 Å². The summed E-state index contributed by atoms with van der Waals surface area (Å²) in [7, 11) is 0. The van der Waals surface area contributed by atoms with Crippen molar-refractivity contribution in [2.24, 2.45) is 0 Å². The highest BCUT2D eigenvalue weighted by Crippen LogP contribution is 2.33.